The molecule has 88 valence electrons. The molecule has 1 aliphatic rings. The molecular formula is C13H15N3O. The molecule has 0 unspecified atom stereocenters. The lowest BCUT2D eigenvalue weighted by atomic mass is 10.1. The topological polar surface area (TPSA) is 39.1 Å². The summed E-state index contributed by atoms with van der Waals surface area (Å²) in [6.45, 7) is 1.88. The molecule has 0 fully saturated rings. The van der Waals surface area contributed by atoms with E-state index in [-0.39, 0.29) is 0 Å². The van der Waals surface area contributed by atoms with Gasteiger partial charge in [-0.25, -0.2) is 4.98 Å². The molecule has 4 nitrogen and oxygen atoms in total. The van der Waals surface area contributed by atoms with Gasteiger partial charge in [0.1, 0.15) is 5.75 Å². The number of aromatic nitrogens is 2. The number of rotatable bonds is 2. The van der Waals surface area contributed by atoms with E-state index in [0.29, 0.717) is 0 Å². The summed E-state index contributed by atoms with van der Waals surface area (Å²) < 4.78 is 7.40. The van der Waals surface area contributed by atoms with E-state index in [2.05, 4.69) is 20.9 Å². The molecule has 0 amide bonds. The number of methoxy groups -OCH3 is 1. The first-order valence-electron chi connectivity index (χ1n) is 5.79. The van der Waals surface area contributed by atoms with Crippen LogP contribution in [0.5, 0.6) is 5.75 Å². The first-order chi connectivity index (χ1) is 8.38. The van der Waals surface area contributed by atoms with Gasteiger partial charge in [-0.15, -0.1) is 0 Å². The van der Waals surface area contributed by atoms with Crippen molar-refractivity contribution in [3.05, 3.63) is 42.0 Å². The Morgan fingerprint density at radius 1 is 1.41 bits per heavy atom. The lowest BCUT2D eigenvalue weighted by Crippen LogP contribution is -2.24. The third-order valence-corrected chi connectivity index (χ3v) is 3.12. The second kappa shape index (κ2) is 4.22. The maximum atomic E-state index is 5.25. The van der Waals surface area contributed by atoms with Crippen molar-refractivity contribution >= 4 is 0 Å². The van der Waals surface area contributed by atoms with Crippen molar-refractivity contribution < 1.29 is 4.74 Å². The van der Waals surface area contributed by atoms with Crippen molar-refractivity contribution in [1.82, 2.24) is 14.9 Å². The van der Waals surface area contributed by atoms with E-state index in [1.807, 2.05) is 24.5 Å². The highest BCUT2D eigenvalue weighted by Crippen LogP contribution is 2.21. The first kappa shape index (κ1) is 10.4. The average molecular weight is 229 g/mol. The minimum Gasteiger partial charge on any atom is -0.497 e. The van der Waals surface area contributed by atoms with Gasteiger partial charge in [0, 0.05) is 31.3 Å². The smallest absolute Gasteiger partial charge is 0.120 e. The summed E-state index contributed by atoms with van der Waals surface area (Å²) in [4.78, 5) is 4.45. The minimum absolute atomic E-state index is 0.867. The Morgan fingerprint density at radius 3 is 3.24 bits per heavy atom. The number of hydrogen-bond acceptors (Lipinski definition) is 3. The molecule has 1 N–H and O–H groups in total. The fourth-order valence-electron chi connectivity index (χ4n) is 2.22. The van der Waals surface area contributed by atoms with Crippen LogP contribution in [0.1, 0.15) is 11.4 Å². The number of fused-ring (bicyclic) bond motifs is 1. The molecule has 0 spiro atoms. The van der Waals surface area contributed by atoms with Crippen molar-refractivity contribution in [2.24, 2.45) is 0 Å². The molecule has 4 heteroatoms. The summed E-state index contributed by atoms with van der Waals surface area (Å²) in [5.41, 5.74) is 3.57. The van der Waals surface area contributed by atoms with E-state index < -0.39 is 0 Å². The molecule has 17 heavy (non-hydrogen) atoms. The zero-order valence-electron chi connectivity index (χ0n) is 9.81. The predicted molar refractivity (Wildman–Crippen MR) is 65.5 cm³/mol. The van der Waals surface area contributed by atoms with Crippen LogP contribution >= 0.6 is 0 Å². The van der Waals surface area contributed by atoms with Gasteiger partial charge in [-0.2, -0.15) is 0 Å². The Morgan fingerprint density at radius 2 is 2.35 bits per heavy atom. The number of imidazole rings is 1. The van der Waals surface area contributed by atoms with Gasteiger partial charge in [-0.05, 0) is 12.1 Å². The number of hydrogen-bond donors (Lipinski definition) is 1. The largest absolute Gasteiger partial charge is 0.497 e. The highest BCUT2D eigenvalue weighted by atomic mass is 16.5. The second-order valence-electron chi connectivity index (χ2n) is 4.14. The van der Waals surface area contributed by atoms with Crippen molar-refractivity contribution in [2.75, 3.05) is 13.7 Å². The van der Waals surface area contributed by atoms with Gasteiger partial charge < -0.3 is 14.6 Å². The Balaban J connectivity index is 2.05. The lowest BCUT2D eigenvalue weighted by Gasteiger charge is -2.15. The Labute approximate surface area is 100 Å². The molecule has 3 rings (SSSR count). The molecule has 0 atom stereocenters. The van der Waals surface area contributed by atoms with Crippen LogP contribution in [0.15, 0.2) is 30.6 Å². The van der Waals surface area contributed by atoms with Crippen molar-refractivity contribution in [1.29, 1.82) is 0 Å². The van der Waals surface area contributed by atoms with Gasteiger partial charge >= 0.3 is 0 Å². The van der Waals surface area contributed by atoms with Crippen LogP contribution in [0.2, 0.25) is 0 Å². The second-order valence-corrected chi connectivity index (χ2v) is 4.14. The summed E-state index contributed by atoms with van der Waals surface area (Å²) in [6.07, 6.45) is 2.92. The zero-order valence-corrected chi connectivity index (χ0v) is 9.81. The monoisotopic (exact) mass is 229 g/mol. The van der Waals surface area contributed by atoms with E-state index in [1.54, 1.807) is 7.11 Å². The number of benzene rings is 1. The first-order valence-corrected chi connectivity index (χ1v) is 5.79. The molecule has 0 radical (unpaired) electrons. The van der Waals surface area contributed by atoms with Gasteiger partial charge in [0.05, 0.1) is 24.8 Å². The van der Waals surface area contributed by atoms with Gasteiger partial charge in [0.15, 0.2) is 0 Å². The fraction of sp³-hybridized carbons (Fsp3) is 0.308. The highest BCUT2D eigenvalue weighted by Gasteiger charge is 2.15. The maximum absolute atomic E-state index is 5.25. The van der Waals surface area contributed by atoms with Crippen LogP contribution < -0.4 is 10.1 Å². The van der Waals surface area contributed by atoms with Crippen LogP contribution in [-0.2, 0) is 13.0 Å². The third kappa shape index (κ3) is 1.80. The average Bonchev–Trinajstić information content (AvgIpc) is 2.82. The molecule has 0 saturated heterocycles. The van der Waals surface area contributed by atoms with Gasteiger partial charge in [-0.1, -0.05) is 6.07 Å². The van der Waals surface area contributed by atoms with Crippen LogP contribution in [0, 0.1) is 0 Å². The normalized spacial score (nSPS) is 14.4. The van der Waals surface area contributed by atoms with Crippen molar-refractivity contribution in [3.63, 3.8) is 0 Å². The van der Waals surface area contributed by atoms with Crippen LogP contribution in [0.3, 0.4) is 0 Å². The standard InChI is InChI=1S/C13H15N3O/c1-17-11-4-2-3-10(7-11)16-9-15-12-8-14-6-5-13(12)16/h2-4,7,9,14H,5-6,8H2,1H3. The molecule has 1 aromatic carbocycles. The third-order valence-electron chi connectivity index (χ3n) is 3.12. The zero-order chi connectivity index (χ0) is 11.7. The Kier molecular flexibility index (Phi) is 2.57. The molecule has 1 aliphatic heterocycles. The Hall–Kier alpha value is -1.81. The van der Waals surface area contributed by atoms with E-state index in [4.69, 9.17) is 4.74 Å². The molecule has 0 bridgehead atoms. The van der Waals surface area contributed by atoms with E-state index in [1.165, 1.54) is 5.69 Å². The highest BCUT2D eigenvalue weighted by molar-refractivity contribution is 5.41. The van der Waals surface area contributed by atoms with Crippen molar-refractivity contribution in [3.8, 4) is 11.4 Å². The Bertz CT molecular complexity index is 533. The minimum atomic E-state index is 0.867. The molecule has 2 aromatic rings. The molecular weight excluding hydrogens is 214 g/mol. The predicted octanol–water partition coefficient (Wildman–Crippen LogP) is 1.53. The SMILES string of the molecule is COc1cccc(-n2cnc3c2CCNC3)c1. The lowest BCUT2D eigenvalue weighted by molar-refractivity contribution is 0.414. The molecule has 0 saturated carbocycles. The van der Waals surface area contributed by atoms with Crippen LogP contribution in [0.4, 0.5) is 0 Å². The van der Waals surface area contributed by atoms with Gasteiger partial charge in [0.25, 0.3) is 0 Å². The summed E-state index contributed by atoms with van der Waals surface area (Å²) in [6, 6.07) is 8.06. The van der Waals surface area contributed by atoms with E-state index in [0.717, 1.165) is 36.6 Å². The number of nitrogens with zero attached hydrogens (tertiary/aromatic N) is 2. The van der Waals surface area contributed by atoms with E-state index in [9.17, 15) is 0 Å². The molecule has 2 heterocycles. The van der Waals surface area contributed by atoms with Gasteiger partial charge in [-0.3, -0.25) is 0 Å². The summed E-state index contributed by atoms with van der Waals surface area (Å²) in [5, 5.41) is 3.33. The summed E-state index contributed by atoms with van der Waals surface area (Å²) >= 11 is 0. The van der Waals surface area contributed by atoms with Crippen LogP contribution in [0.25, 0.3) is 5.69 Å². The quantitative estimate of drug-likeness (QED) is 0.848. The summed E-state index contributed by atoms with van der Waals surface area (Å²) in [5.74, 6) is 0.874. The summed E-state index contributed by atoms with van der Waals surface area (Å²) in [7, 11) is 1.69. The van der Waals surface area contributed by atoms with Gasteiger partial charge in [0.2, 0.25) is 0 Å². The molecule has 1 aromatic heterocycles. The number of nitrogens with one attached hydrogen (secondary N) is 1. The van der Waals surface area contributed by atoms with Crippen LogP contribution in [-0.4, -0.2) is 23.2 Å². The fourth-order valence-corrected chi connectivity index (χ4v) is 2.22. The number of ether oxygens (including phenoxy) is 1. The van der Waals surface area contributed by atoms with Crippen molar-refractivity contribution in [2.45, 2.75) is 13.0 Å². The van der Waals surface area contributed by atoms with E-state index >= 15 is 0 Å². The maximum Gasteiger partial charge on any atom is 0.120 e. The molecule has 0 aliphatic carbocycles.